The summed E-state index contributed by atoms with van der Waals surface area (Å²) in [5.41, 5.74) is 2.57. The number of benzene rings is 2. The normalized spacial score (nSPS) is 24.2. The number of aliphatic hydroxyl groups excluding tert-OH is 2. The smallest absolute Gasteiger partial charge is 0.157 e. The van der Waals surface area contributed by atoms with Crippen molar-refractivity contribution < 1.29 is 34.0 Å². The average molecular weight is 581 g/mol. The molecule has 4 rings (SSSR count). The molecule has 0 amide bonds. The van der Waals surface area contributed by atoms with Crippen LogP contribution in [0.2, 0.25) is 5.02 Å². The second-order valence-corrected chi connectivity index (χ2v) is 9.93. The van der Waals surface area contributed by atoms with Crippen LogP contribution in [0.1, 0.15) is 30.5 Å². The molecule has 0 radical (unpaired) electrons. The van der Waals surface area contributed by atoms with Gasteiger partial charge in [0, 0.05) is 65.5 Å². The van der Waals surface area contributed by atoms with Crippen molar-refractivity contribution in [3.05, 3.63) is 70.7 Å². The number of ether oxygens (including phenoxy) is 4. The van der Waals surface area contributed by atoms with Gasteiger partial charge < -0.3 is 34.0 Å². The third-order valence-corrected chi connectivity index (χ3v) is 7.27. The van der Waals surface area contributed by atoms with Crippen molar-refractivity contribution in [2.24, 2.45) is 0 Å². The lowest BCUT2D eigenvalue weighted by molar-refractivity contribution is -0.237. The van der Waals surface area contributed by atoms with Crippen LogP contribution in [0.4, 0.5) is 0 Å². The number of hydrogen-bond acceptors (Lipinski definition) is 9. The van der Waals surface area contributed by atoms with Gasteiger partial charge in [-0.3, -0.25) is 9.80 Å². The average Bonchev–Trinajstić information content (AvgIpc) is 2.99. The molecule has 3 unspecified atom stereocenters. The molecule has 0 aliphatic carbocycles. The van der Waals surface area contributed by atoms with E-state index in [4.69, 9.17) is 35.7 Å². The Bertz CT molecular complexity index is 929. The Hall–Kier alpha value is -1.92. The van der Waals surface area contributed by atoms with Gasteiger partial charge in [0.1, 0.15) is 19.0 Å². The maximum atomic E-state index is 10.3. The van der Waals surface area contributed by atoms with Crippen LogP contribution in [0.25, 0.3) is 0 Å². The molecule has 0 aromatic heterocycles. The lowest BCUT2D eigenvalue weighted by Crippen LogP contribution is -2.48. The zero-order valence-corrected chi connectivity index (χ0v) is 24.8. The molecule has 2 aromatic carbocycles. The van der Waals surface area contributed by atoms with Crippen molar-refractivity contribution in [1.82, 2.24) is 9.80 Å². The molecule has 2 heterocycles. The zero-order valence-electron chi connectivity index (χ0n) is 24.0. The first kappa shape index (κ1) is 34.3. The largest absolute Gasteiger partial charge is 0.400 e. The van der Waals surface area contributed by atoms with Crippen molar-refractivity contribution in [1.29, 1.82) is 0 Å². The number of aliphatic hydroxyl groups is 2. The molecule has 2 aromatic rings. The number of carbonyl (C=O) groups is 1. The van der Waals surface area contributed by atoms with E-state index < -0.39 is 6.29 Å². The fourth-order valence-electron chi connectivity index (χ4n) is 5.05. The summed E-state index contributed by atoms with van der Waals surface area (Å²) in [6.45, 7) is 7.53. The van der Waals surface area contributed by atoms with Crippen LogP contribution >= 0.6 is 11.6 Å². The Morgan fingerprint density at radius 1 is 1.00 bits per heavy atom. The molecule has 2 aliphatic heterocycles. The van der Waals surface area contributed by atoms with E-state index in [1.807, 2.05) is 19.1 Å². The fraction of sp³-hybridized carbons (Fsp3) is 0.567. The minimum Gasteiger partial charge on any atom is -0.400 e. The SMILES string of the molecule is CO.COC1C[C@H](O)OC(C)[C@@H]1OC.O=CCOCCN1CCN(C(c2ccccc2)c2ccc(Cl)cc2)CC1. The Labute approximate surface area is 243 Å². The molecule has 40 heavy (non-hydrogen) atoms. The van der Waals surface area contributed by atoms with Crippen LogP contribution in [0.3, 0.4) is 0 Å². The molecule has 224 valence electrons. The third-order valence-electron chi connectivity index (χ3n) is 7.02. The molecule has 10 heteroatoms. The first-order valence-electron chi connectivity index (χ1n) is 13.6. The van der Waals surface area contributed by atoms with Gasteiger partial charge in [-0.15, -0.1) is 0 Å². The summed E-state index contributed by atoms with van der Waals surface area (Å²) < 4.78 is 20.8. The topological polar surface area (TPSA) is 101 Å². The van der Waals surface area contributed by atoms with Gasteiger partial charge in [-0.2, -0.15) is 0 Å². The van der Waals surface area contributed by atoms with Crippen LogP contribution in [0.5, 0.6) is 0 Å². The molecule has 0 saturated carbocycles. The highest BCUT2D eigenvalue weighted by Crippen LogP contribution is 2.30. The second-order valence-electron chi connectivity index (χ2n) is 9.49. The maximum absolute atomic E-state index is 10.3. The van der Waals surface area contributed by atoms with E-state index in [0.29, 0.717) is 13.0 Å². The zero-order chi connectivity index (χ0) is 29.3. The summed E-state index contributed by atoms with van der Waals surface area (Å²) in [5, 5.41) is 17.0. The molecular weight excluding hydrogens is 536 g/mol. The molecular formula is C30H45ClN2O7. The van der Waals surface area contributed by atoms with Gasteiger partial charge in [0.2, 0.25) is 0 Å². The quantitative estimate of drug-likeness (QED) is 0.324. The molecule has 2 N–H and O–H groups in total. The minimum absolute atomic E-state index is 0.0752. The van der Waals surface area contributed by atoms with Crippen molar-refractivity contribution in [2.45, 2.75) is 44.0 Å². The summed E-state index contributed by atoms with van der Waals surface area (Å²) in [7, 11) is 4.23. The molecule has 2 aliphatic rings. The summed E-state index contributed by atoms with van der Waals surface area (Å²) in [5.74, 6) is 0. The summed E-state index contributed by atoms with van der Waals surface area (Å²) in [6, 6.07) is 19.1. The van der Waals surface area contributed by atoms with Gasteiger partial charge in [0.05, 0.1) is 24.9 Å². The van der Waals surface area contributed by atoms with Gasteiger partial charge in [-0.1, -0.05) is 54.1 Å². The number of piperazine rings is 1. The van der Waals surface area contributed by atoms with Crippen LogP contribution in [0, 0.1) is 0 Å². The number of methoxy groups -OCH3 is 2. The first-order chi connectivity index (χ1) is 19.5. The van der Waals surface area contributed by atoms with E-state index >= 15 is 0 Å². The molecule has 9 nitrogen and oxygen atoms in total. The maximum Gasteiger partial charge on any atom is 0.157 e. The second kappa shape index (κ2) is 19.2. The number of aldehydes is 1. The summed E-state index contributed by atoms with van der Waals surface area (Å²) in [6.07, 6.45) is 0.264. The van der Waals surface area contributed by atoms with Gasteiger partial charge >= 0.3 is 0 Å². The predicted octanol–water partition coefficient (Wildman–Crippen LogP) is 3.01. The fourth-order valence-corrected chi connectivity index (χ4v) is 5.18. The standard InChI is InChI=1S/C21H25ClN2O2.C8H16O4.CH4O/c22-20-8-6-19(7-9-20)21(18-4-2-1-3-5-18)24-12-10-23(11-13-24)14-16-26-17-15-25;1-5-8(11-3)6(10-2)4-7(9)12-5;1-2/h1-9,15,21H,10-14,16-17H2;5-9H,4H2,1-3H3;2H,1H3/t;5?,6?,7-,8+;/m.1./s1. The van der Waals surface area contributed by atoms with Crippen LogP contribution in [-0.2, 0) is 23.7 Å². The van der Waals surface area contributed by atoms with Crippen LogP contribution < -0.4 is 0 Å². The van der Waals surface area contributed by atoms with Gasteiger partial charge in [-0.25, -0.2) is 0 Å². The van der Waals surface area contributed by atoms with E-state index in [2.05, 4.69) is 52.3 Å². The van der Waals surface area contributed by atoms with Gasteiger partial charge in [0.25, 0.3) is 0 Å². The minimum atomic E-state index is -0.726. The van der Waals surface area contributed by atoms with Crippen LogP contribution in [-0.4, -0.2) is 118 Å². The van der Waals surface area contributed by atoms with E-state index in [9.17, 15) is 9.90 Å². The summed E-state index contributed by atoms with van der Waals surface area (Å²) in [4.78, 5) is 15.2. The monoisotopic (exact) mass is 580 g/mol. The molecule has 5 atom stereocenters. The first-order valence-corrected chi connectivity index (χ1v) is 14.0. The van der Waals surface area contributed by atoms with E-state index in [1.165, 1.54) is 11.1 Å². The molecule has 0 bridgehead atoms. The Morgan fingerprint density at radius 2 is 1.62 bits per heavy atom. The van der Waals surface area contributed by atoms with E-state index in [1.54, 1.807) is 14.2 Å². The Kier molecular flexibility index (Phi) is 16.5. The Morgan fingerprint density at radius 3 is 2.20 bits per heavy atom. The van der Waals surface area contributed by atoms with Crippen molar-refractivity contribution in [2.75, 3.05) is 67.3 Å². The van der Waals surface area contributed by atoms with Gasteiger partial charge in [0.15, 0.2) is 6.29 Å². The highest BCUT2D eigenvalue weighted by molar-refractivity contribution is 6.30. The van der Waals surface area contributed by atoms with E-state index in [0.717, 1.165) is 51.1 Å². The van der Waals surface area contributed by atoms with Crippen LogP contribution in [0.15, 0.2) is 54.6 Å². The van der Waals surface area contributed by atoms with Crippen molar-refractivity contribution in [3.8, 4) is 0 Å². The summed E-state index contributed by atoms with van der Waals surface area (Å²) >= 11 is 6.08. The van der Waals surface area contributed by atoms with E-state index in [-0.39, 0.29) is 31.0 Å². The third kappa shape index (κ3) is 10.8. The number of hydrogen-bond donors (Lipinski definition) is 2. The number of rotatable bonds is 10. The molecule has 0 spiro atoms. The number of halogens is 1. The lowest BCUT2D eigenvalue weighted by atomic mass is 9.96. The van der Waals surface area contributed by atoms with Gasteiger partial charge in [-0.05, 0) is 30.2 Å². The molecule has 2 fully saturated rings. The Balaban J connectivity index is 0.000000336. The lowest BCUT2D eigenvalue weighted by Gasteiger charge is -2.39. The van der Waals surface area contributed by atoms with Crippen molar-refractivity contribution >= 4 is 17.9 Å². The molecule has 2 saturated heterocycles. The number of carbonyl (C=O) groups excluding carboxylic acids is 1. The number of nitrogens with zero attached hydrogens (tertiary/aromatic N) is 2. The highest BCUT2D eigenvalue weighted by Gasteiger charge is 2.35. The highest BCUT2D eigenvalue weighted by atomic mass is 35.5. The van der Waals surface area contributed by atoms with Crippen molar-refractivity contribution in [3.63, 3.8) is 0 Å². The predicted molar refractivity (Wildman–Crippen MR) is 156 cm³/mol.